The Morgan fingerprint density at radius 1 is 1.14 bits per heavy atom. The molecule has 5 rings (SSSR count). The molecule has 2 aliphatic rings. The fraction of sp³-hybridized carbons (Fsp3) is 0.296. The number of carbonyl (C=O) groups is 2. The summed E-state index contributed by atoms with van der Waals surface area (Å²) in [6.45, 7) is 1.17. The first-order valence-electron chi connectivity index (χ1n) is 11.7. The second kappa shape index (κ2) is 10.4. The van der Waals surface area contributed by atoms with Crippen molar-refractivity contribution in [3.8, 4) is 17.2 Å². The summed E-state index contributed by atoms with van der Waals surface area (Å²) in [5, 5.41) is 13.6. The third kappa shape index (κ3) is 5.39. The summed E-state index contributed by atoms with van der Waals surface area (Å²) in [6.07, 6.45) is 0.254. The molecular weight excluding hydrogens is 500 g/mol. The summed E-state index contributed by atoms with van der Waals surface area (Å²) in [7, 11) is 0. The van der Waals surface area contributed by atoms with Crippen LogP contribution in [-0.2, 0) is 32.0 Å². The lowest BCUT2D eigenvalue weighted by Gasteiger charge is -2.24. The zero-order valence-electron chi connectivity index (χ0n) is 19.7. The zero-order valence-corrected chi connectivity index (χ0v) is 20.5. The van der Waals surface area contributed by atoms with Crippen LogP contribution in [0.5, 0.6) is 0 Å². The zero-order chi connectivity index (χ0) is 26.0. The molecule has 3 aromatic rings. The Morgan fingerprint density at radius 3 is 2.57 bits per heavy atom. The lowest BCUT2D eigenvalue weighted by Crippen LogP contribution is -2.46. The molecule has 2 aromatic carbocycles. The molecular formula is C27H23F2N3O4S. The highest BCUT2D eigenvalue weighted by Gasteiger charge is 2.52. The van der Waals surface area contributed by atoms with Crippen molar-refractivity contribution < 1.29 is 27.8 Å². The van der Waals surface area contributed by atoms with Crippen molar-refractivity contribution in [1.29, 1.82) is 5.26 Å². The first-order chi connectivity index (χ1) is 17.9. The average molecular weight is 524 g/mol. The van der Waals surface area contributed by atoms with Crippen molar-refractivity contribution in [2.45, 2.75) is 31.2 Å². The molecule has 3 heterocycles. The first kappa shape index (κ1) is 25.0. The van der Waals surface area contributed by atoms with Crippen molar-refractivity contribution >= 4 is 23.2 Å². The van der Waals surface area contributed by atoms with E-state index < -0.39 is 23.5 Å². The van der Waals surface area contributed by atoms with Gasteiger partial charge in [0.1, 0.15) is 23.7 Å². The molecule has 0 aliphatic carbocycles. The number of ether oxygens (including phenoxy) is 2. The summed E-state index contributed by atoms with van der Waals surface area (Å²) in [5.41, 5.74) is 2.05. The third-order valence-electron chi connectivity index (χ3n) is 6.50. The minimum absolute atomic E-state index is 0.0303. The number of nitrogens with one attached hydrogen (secondary N) is 1. The van der Waals surface area contributed by atoms with Crippen LogP contribution in [-0.4, -0.2) is 48.3 Å². The molecule has 1 N–H and O–H groups in total. The van der Waals surface area contributed by atoms with Gasteiger partial charge >= 0.3 is 0 Å². The number of rotatable bonds is 6. The topological polar surface area (TPSA) is 91.7 Å². The maximum Gasteiger partial charge on any atom is 0.243 e. The van der Waals surface area contributed by atoms with Gasteiger partial charge in [-0.15, -0.1) is 11.3 Å². The molecule has 2 aliphatic heterocycles. The van der Waals surface area contributed by atoms with Crippen molar-refractivity contribution in [3.63, 3.8) is 0 Å². The van der Waals surface area contributed by atoms with Gasteiger partial charge < -0.3 is 19.7 Å². The van der Waals surface area contributed by atoms with Gasteiger partial charge in [-0.2, -0.15) is 5.26 Å². The molecule has 2 fully saturated rings. The lowest BCUT2D eigenvalue weighted by molar-refractivity contribution is -0.152. The monoisotopic (exact) mass is 523 g/mol. The standard InChI is InChI=1S/C27H23F2N3O4S/c28-20-5-6-22(23(29)11-20)19-3-1-17(2-4-19)10-25(33)32-16-27(35-7-8-36-27)12-24(32)26(34)31-14-21-9-18(13-30)15-37-21/h1-6,9,11,15,24H,7-8,10,12,14,16H2,(H,31,34). The van der Waals surface area contributed by atoms with Crippen LogP contribution in [0.1, 0.15) is 22.4 Å². The molecule has 1 aromatic heterocycles. The number of carbonyl (C=O) groups excluding carboxylic acids is 2. The fourth-order valence-electron chi connectivity index (χ4n) is 4.67. The van der Waals surface area contributed by atoms with Crippen LogP contribution < -0.4 is 5.32 Å². The molecule has 1 spiro atoms. The number of benzene rings is 2. The van der Waals surface area contributed by atoms with Gasteiger partial charge in [-0.25, -0.2) is 8.78 Å². The van der Waals surface area contributed by atoms with Crippen molar-refractivity contribution in [2.75, 3.05) is 19.8 Å². The van der Waals surface area contributed by atoms with E-state index in [-0.39, 0.29) is 43.3 Å². The second-order valence-corrected chi connectivity index (χ2v) is 9.97. The number of hydrogen-bond donors (Lipinski definition) is 1. The maximum atomic E-state index is 14.1. The Labute approximate surface area is 216 Å². The molecule has 0 saturated carbocycles. The van der Waals surface area contributed by atoms with Crippen molar-refractivity contribution in [3.05, 3.63) is 81.5 Å². The Morgan fingerprint density at radius 2 is 1.89 bits per heavy atom. The van der Waals surface area contributed by atoms with E-state index >= 15 is 0 Å². The van der Waals surface area contributed by atoms with Gasteiger partial charge in [-0.3, -0.25) is 9.59 Å². The van der Waals surface area contributed by atoms with Crippen LogP contribution in [0.15, 0.2) is 53.9 Å². The molecule has 0 radical (unpaired) electrons. The summed E-state index contributed by atoms with van der Waals surface area (Å²) < 4.78 is 38.9. The van der Waals surface area contributed by atoms with Crippen LogP contribution in [0.25, 0.3) is 11.1 Å². The summed E-state index contributed by atoms with van der Waals surface area (Å²) in [6, 6.07) is 13.2. The smallest absolute Gasteiger partial charge is 0.243 e. The normalized spacial score (nSPS) is 18.2. The Bertz CT molecular complexity index is 1360. The van der Waals surface area contributed by atoms with E-state index in [1.165, 1.54) is 28.4 Å². The van der Waals surface area contributed by atoms with Crippen LogP contribution in [0.4, 0.5) is 8.78 Å². The highest BCUT2D eigenvalue weighted by atomic mass is 32.1. The van der Waals surface area contributed by atoms with Crippen LogP contribution in [0.2, 0.25) is 0 Å². The Kier molecular flexibility index (Phi) is 7.02. The molecule has 190 valence electrons. The summed E-state index contributed by atoms with van der Waals surface area (Å²) >= 11 is 1.38. The van der Waals surface area contributed by atoms with Crippen LogP contribution >= 0.6 is 11.3 Å². The molecule has 0 bridgehead atoms. The van der Waals surface area contributed by atoms with Gasteiger partial charge in [-0.1, -0.05) is 24.3 Å². The minimum atomic E-state index is -1.00. The summed E-state index contributed by atoms with van der Waals surface area (Å²) in [5.74, 6) is -2.90. The number of nitriles is 1. The molecule has 10 heteroatoms. The van der Waals surface area contributed by atoms with Crippen molar-refractivity contribution in [2.24, 2.45) is 0 Å². The fourth-order valence-corrected chi connectivity index (χ4v) is 5.42. The third-order valence-corrected chi connectivity index (χ3v) is 7.44. The van der Waals surface area contributed by atoms with Gasteiger partial charge in [0.25, 0.3) is 0 Å². The van der Waals surface area contributed by atoms with Gasteiger partial charge in [0.2, 0.25) is 11.8 Å². The molecule has 37 heavy (non-hydrogen) atoms. The largest absolute Gasteiger partial charge is 0.349 e. The molecule has 1 unspecified atom stereocenters. The number of amides is 2. The van der Waals surface area contributed by atoms with Crippen LogP contribution in [0.3, 0.4) is 0 Å². The highest BCUT2D eigenvalue weighted by molar-refractivity contribution is 7.10. The second-order valence-electron chi connectivity index (χ2n) is 8.98. The van der Waals surface area contributed by atoms with E-state index in [0.717, 1.165) is 10.9 Å². The highest BCUT2D eigenvalue weighted by Crippen LogP contribution is 2.35. The molecule has 1 atom stereocenters. The Balaban J connectivity index is 1.28. The Hall–Kier alpha value is -3.65. The first-order valence-corrected chi connectivity index (χ1v) is 12.6. The number of hydrogen-bond acceptors (Lipinski definition) is 6. The van der Waals surface area contributed by atoms with Gasteiger partial charge in [0.15, 0.2) is 5.79 Å². The minimum Gasteiger partial charge on any atom is -0.349 e. The summed E-state index contributed by atoms with van der Waals surface area (Å²) in [4.78, 5) is 28.8. The van der Waals surface area contributed by atoms with E-state index in [9.17, 15) is 18.4 Å². The van der Waals surface area contributed by atoms with E-state index in [1.807, 2.05) is 0 Å². The lowest BCUT2D eigenvalue weighted by atomic mass is 10.0. The number of thiophene rings is 1. The molecule has 2 saturated heterocycles. The maximum absolute atomic E-state index is 14.1. The molecule has 7 nitrogen and oxygen atoms in total. The van der Waals surface area contributed by atoms with Crippen molar-refractivity contribution in [1.82, 2.24) is 10.2 Å². The van der Waals surface area contributed by atoms with E-state index in [1.54, 1.807) is 35.7 Å². The predicted molar refractivity (Wildman–Crippen MR) is 131 cm³/mol. The van der Waals surface area contributed by atoms with E-state index in [0.29, 0.717) is 29.9 Å². The quantitative estimate of drug-likeness (QED) is 0.531. The number of nitrogens with zero attached hydrogens (tertiary/aromatic N) is 2. The van der Waals surface area contributed by atoms with E-state index in [4.69, 9.17) is 14.7 Å². The van der Waals surface area contributed by atoms with Crippen LogP contribution in [0, 0.1) is 23.0 Å². The predicted octanol–water partition coefficient (Wildman–Crippen LogP) is 3.77. The number of halogens is 2. The van der Waals surface area contributed by atoms with Gasteiger partial charge in [0.05, 0.1) is 38.3 Å². The SMILES string of the molecule is N#Cc1csc(CNC(=O)C2CC3(CN2C(=O)Cc2ccc(-c4ccc(F)cc4F)cc2)OCCO3)c1. The molecule has 2 amide bonds. The van der Waals surface area contributed by atoms with E-state index in [2.05, 4.69) is 11.4 Å². The average Bonchev–Trinajstić information content (AvgIpc) is 3.64. The number of likely N-dealkylation sites (tertiary alicyclic amines) is 1. The van der Waals surface area contributed by atoms with Gasteiger partial charge in [0, 0.05) is 28.3 Å². The van der Waals surface area contributed by atoms with Gasteiger partial charge in [-0.05, 0) is 29.3 Å².